The number of para-hydroxylation sites is 4. The van der Waals surface area contributed by atoms with Crippen LogP contribution in [0.4, 0.5) is 34.1 Å². The Kier molecular flexibility index (Phi) is 11.8. The summed E-state index contributed by atoms with van der Waals surface area (Å²) in [6.45, 7) is 9.42. The van der Waals surface area contributed by atoms with Crippen molar-refractivity contribution in [3.8, 4) is 54.5 Å². The first-order valence-corrected chi connectivity index (χ1v) is 29.2. The number of aromatic nitrogens is 2. The van der Waals surface area contributed by atoms with Crippen LogP contribution in [0.3, 0.4) is 0 Å². The minimum atomic E-state index is -0.115. The van der Waals surface area contributed by atoms with Gasteiger partial charge in [0.15, 0.2) is 0 Å². The molecule has 0 N–H and O–H groups in total. The summed E-state index contributed by atoms with van der Waals surface area (Å²) in [6, 6.07) is 84.8. The molecule has 6 heteroatoms. The Morgan fingerprint density at radius 1 is 0.308 bits per heavy atom. The zero-order valence-corrected chi connectivity index (χ0v) is 46.0. The van der Waals surface area contributed by atoms with Gasteiger partial charge in [-0.2, -0.15) is 0 Å². The molecule has 10 aromatic carbocycles. The first-order valence-electron chi connectivity index (χ1n) is 27.6. The van der Waals surface area contributed by atoms with Crippen molar-refractivity contribution in [2.75, 3.05) is 9.80 Å². The number of fused-ring (bicyclic) bond motifs is 8. The number of anilines is 6. The van der Waals surface area contributed by atoms with E-state index in [1.54, 1.807) is 22.7 Å². The smallest absolute Gasteiger partial charge is 0.124 e. The van der Waals surface area contributed by atoms with Crippen molar-refractivity contribution in [2.45, 2.75) is 64.2 Å². The lowest BCUT2D eigenvalue weighted by molar-refractivity contribution is 0.490. The maximum atomic E-state index is 5.28. The van der Waals surface area contributed by atoms with Crippen LogP contribution in [-0.2, 0) is 10.8 Å². The minimum Gasteiger partial charge on any atom is -0.310 e. The van der Waals surface area contributed by atoms with Crippen LogP contribution >= 0.6 is 22.7 Å². The van der Waals surface area contributed by atoms with Crippen molar-refractivity contribution < 1.29 is 0 Å². The highest BCUT2D eigenvalue weighted by Gasteiger charge is 2.43. The Bertz CT molecular complexity index is 3860. The molecule has 4 nitrogen and oxygen atoms in total. The van der Waals surface area contributed by atoms with Crippen LogP contribution in [0.15, 0.2) is 231 Å². The third kappa shape index (κ3) is 7.67. The largest absolute Gasteiger partial charge is 0.310 e. The first-order chi connectivity index (χ1) is 38.4. The van der Waals surface area contributed by atoms with Crippen LogP contribution in [0.1, 0.15) is 75.6 Å². The average molecular weight is 1040 g/mol. The Morgan fingerprint density at radius 2 is 0.615 bits per heavy atom. The Hall–Kier alpha value is -8.42. The third-order valence-electron chi connectivity index (χ3n) is 17.3. The molecule has 2 heterocycles. The molecule has 2 aliphatic carbocycles. The van der Waals surface area contributed by atoms with E-state index in [-0.39, 0.29) is 10.8 Å². The molecule has 78 heavy (non-hydrogen) atoms. The normalized spacial score (nSPS) is 13.5. The molecule has 0 unspecified atom stereocenters. The second-order valence-electron chi connectivity index (χ2n) is 21.0. The standard InChI is InChI=1S/C72H58N4S2/c1-5-71(6-2)61-41-49(29-35-57(61)59-37-33-55(45-63(59)71)75(51-21-13-9-14-22-51)52-23-15-10-16-24-52)69-73-65-39-31-47(43-67(65)77-69)48-32-40-66-68(44-48)78-70(74-66)50-30-36-58-60-38-34-56(46-64(60)72(7-3,8-4)62(58)42-50)76(53-25-17-11-18-26-53)54-27-19-12-20-28-54/h9-46H,5-8H2,1-4H3. The SMILES string of the molecule is CCC1(CC)c2cc(-c3nc4ccc(-c5ccc6nc(-c7ccc8c(c7)C(CC)(CC)c7cc(N(c9ccccc9)c9ccccc9)ccc7-8)sc6c5)cc4s3)ccc2-c2ccc(N(c3ccccc3)c3ccccc3)cc21. The van der Waals surface area contributed by atoms with E-state index >= 15 is 0 Å². The van der Waals surface area contributed by atoms with Crippen LogP contribution in [0.25, 0.3) is 75.0 Å². The second kappa shape index (κ2) is 19.2. The van der Waals surface area contributed by atoms with Crippen molar-refractivity contribution in [3.05, 3.63) is 253 Å². The van der Waals surface area contributed by atoms with Crippen molar-refractivity contribution in [1.29, 1.82) is 0 Å². The van der Waals surface area contributed by atoms with Crippen LogP contribution < -0.4 is 9.80 Å². The van der Waals surface area contributed by atoms with Crippen molar-refractivity contribution in [2.24, 2.45) is 0 Å². The molecule has 0 fully saturated rings. The molecular formula is C72H58N4S2. The molecule has 14 rings (SSSR count). The zero-order chi connectivity index (χ0) is 52.5. The highest BCUT2D eigenvalue weighted by molar-refractivity contribution is 7.22. The predicted octanol–water partition coefficient (Wildman–Crippen LogP) is 21.0. The number of rotatable bonds is 13. The van der Waals surface area contributed by atoms with Crippen molar-refractivity contribution in [1.82, 2.24) is 9.97 Å². The van der Waals surface area contributed by atoms with Gasteiger partial charge in [-0.05, 0) is 191 Å². The maximum absolute atomic E-state index is 5.28. The molecule has 0 aliphatic heterocycles. The van der Waals surface area contributed by atoms with Gasteiger partial charge in [0.05, 0.1) is 20.4 Å². The fraction of sp³-hybridized carbons (Fsp3) is 0.139. The van der Waals surface area contributed by atoms with Crippen LogP contribution in [0, 0.1) is 0 Å². The molecule has 0 saturated heterocycles. The summed E-state index contributed by atoms with van der Waals surface area (Å²) in [5.41, 5.74) is 24.5. The molecule has 0 radical (unpaired) electrons. The van der Waals surface area contributed by atoms with Crippen LogP contribution in [-0.4, -0.2) is 9.97 Å². The molecule has 12 aromatic rings. The lowest BCUT2D eigenvalue weighted by Crippen LogP contribution is -2.23. The van der Waals surface area contributed by atoms with E-state index in [0.717, 1.165) is 69.5 Å². The van der Waals surface area contributed by atoms with Crippen LogP contribution in [0.5, 0.6) is 0 Å². The van der Waals surface area contributed by atoms with Gasteiger partial charge >= 0.3 is 0 Å². The van der Waals surface area contributed by atoms with Gasteiger partial charge in [-0.1, -0.05) is 149 Å². The van der Waals surface area contributed by atoms with Gasteiger partial charge in [0.2, 0.25) is 0 Å². The van der Waals surface area contributed by atoms with Crippen molar-refractivity contribution >= 4 is 77.2 Å². The van der Waals surface area contributed by atoms with E-state index in [0.29, 0.717) is 0 Å². The van der Waals surface area contributed by atoms with Gasteiger partial charge in [-0.3, -0.25) is 0 Å². The summed E-state index contributed by atoms with van der Waals surface area (Å²) in [7, 11) is 0. The van der Waals surface area contributed by atoms with Crippen molar-refractivity contribution in [3.63, 3.8) is 0 Å². The number of nitrogens with zero attached hydrogens (tertiary/aromatic N) is 4. The molecular weight excluding hydrogens is 985 g/mol. The summed E-state index contributed by atoms with van der Waals surface area (Å²) >= 11 is 3.58. The lowest BCUT2D eigenvalue weighted by Gasteiger charge is -2.32. The zero-order valence-electron chi connectivity index (χ0n) is 44.4. The fourth-order valence-corrected chi connectivity index (χ4v) is 15.2. The second-order valence-corrected chi connectivity index (χ2v) is 23.0. The summed E-state index contributed by atoms with van der Waals surface area (Å²) in [6.07, 6.45) is 4.03. The summed E-state index contributed by atoms with van der Waals surface area (Å²) in [5.74, 6) is 0. The van der Waals surface area contributed by atoms with Gasteiger partial charge in [-0.25, -0.2) is 9.97 Å². The Labute approximate surface area is 465 Å². The van der Waals surface area contributed by atoms with Gasteiger partial charge in [0.25, 0.3) is 0 Å². The Morgan fingerprint density at radius 3 is 0.949 bits per heavy atom. The van der Waals surface area contributed by atoms with Crippen LogP contribution in [0.2, 0.25) is 0 Å². The fourth-order valence-electron chi connectivity index (χ4n) is 13.2. The minimum absolute atomic E-state index is 0.115. The highest BCUT2D eigenvalue weighted by Crippen LogP contribution is 2.57. The molecule has 0 spiro atoms. The molecule has 0 amide bonds. The predicted molar refractivity (Wildman–Crippen MR) is 332 cm³/mol. The summed E-state index contributed by atoms with van der Waals surface area (Å²) in [5, 5.41) is 2.11. The van der Waals surface area contributed by atoms with Gasteiger partial charge < -0.3 is 9.80 Å². The molecule has 378 valence electrons. The van der Waals surface area contributed by atoms with E-state index in [1.807, 2.05) is 0 Å². The van der Waals surface area contributed by atoms with E-state index in [9.17, 15) is 0 Å². The molecule has 2 aromatic heterocycles. The van der Waals surface area contributed by atoms with E-state index in [1.165, 1.54) is 87.5 Å². The number of hydrogen-bond donors (Lipinski definition) is 0. The van der Waals surface area contributed by atoms with E-state index < -0.39 is 0 Å². The average Bonchev–Trinajstić information content (AvgIpc) is 4.39. The van der Waals surface area contributed by atoms with Gasteiger partial charge in [-0.15, -0.1) is 22.7 Å². The number of benzene rings is 10. The van der Waals surface area contributed by atoms with Gasteiger partial charge in [0, 0.05) is 56.1 Å². The molecule has 2 aliphatic rings. The monoisotopic (exact) mass is 1040 g/mol. The summed E-state index contributed by atoms with van der Waals surface area (Å²) in [4.78, 5) is 15.3. The highest BCUT2D eigenvalue weighted by atomic mass is 32.1. The maximum Gasteiger partial charge on any atom is 0.124 e. The van der Waals surface area contributed by atoms with E-state index in [2.05, 4.69) is 268 Å². The summed E-state index contributed by atoms with van der Waals surface area (Å²) < 4.78 is 2.38. The topological polar surface area (TPSA) is 32.3 Å². The first kappa shape index (κ1) is 48.0. The molecule has 0 bridgehead atoms. The number of hydrogen-bond acceptors (Lipinski definition) is 6. The molecule has 0 saturated carbocycles. The third-order valence-corrected chi connectivity index (χ3v) is 19.4. The lowest BCUT2D eigenvalue weighted by atomic mass is 9.73. The van der Waals surface area contributed by atoms with Gasteiger partial charge in [0.1, 0.15) is 10.0 Å². The quantitative estimate of drug-likeness (QED) is 0.115. The molecule has 0 atom stereocenters. The van der Waals surface area contributed by atoms with E-state index in [4.69, 9.17) is 9.97 Å². The number of thiazole rings is 2. The Balaban J connectivity index is 0.756.